The Morgan fingerprint density at radius 3 is 2.16 bits per heavy atom. The number of aliphatic imine (C=N–C) groups is 1. The first kappa shape index (κ1) is 28.1. The van der Waals surface area contributed by atoms with Crippen LogP contribution in [0.15, 0.2) is 4.99 Å². The molecule has 0 aromatic carbocycles. The number of hydrogen-bond acceptors (Lipinski definition) is 7. The zero-order chi connectivity index (χ0) is 24.1. The van der Waals surface area contributed by atoms with Gasteiger partial charge in [0.2, 0.25) is 17.7 Å². The minimum absolute atomic E-state index is 0.0918. The van der Waals surface area contributed by atoms with E-state index in [4.69, 9.17) is 17.2 Å². The number of rotatable bonds is 14. The number of aliphatic hydroxyl groups is 1. The average molecular weight is 446 g/mol. The van der Waals surface area contributed by atoms with Crippen molar-refractivity contribution >= 4 is 29.7 Å². The molecule has 0 saturated heterocycles. The number of hydrogen-bond donors (Lipinski definition) is 8. The summed E-state index contributed by atoms with van der Waals surface area (Å²) >= 11 is 0. The summed E-state index contributed by atoms with van der Waals surface area (Å²) in [6.45, 7) is 4.63. The molecular weight excluding hydrogens is 410 g/mol. The molecule has 0 bridgehead atoms. The summed E-state index contributed by atoms with van der Waals surface area (Å²) in [5.74, 6) is -3.67. The minimum atomic E-state index is -1.23. The summed E-state index contributed by atoms with van der Waals surface area (Å²) in [4.78, 5) is 51.7. The molecule has 0 rings (SSSR count). The summed E-state index contributed by atoms with van der Waals surface area (Å²) in [7, 11) is 0. The Morgan fingerprint density at radius 2 is 1.68 bits per heavy atom. The lowest BCUT2D eigenvalue weighted by atomic mass is 9.97. The van der Waals surface area contributed by atoms with E-state index in [1.807, 2.05) is 6.92 Å². The highest BCUT2D eigenvalue weighted by atomic mass is 16.4. The fourth-order valence-electron chi connectivity index (χ4n) is 2.45. The van der Waals surface area contributed by atoms with Gasteiger partial charge in [-0.05, 0) is 25.7 Å². The van der Waals surface area contributed by atoms with Gasteiger partial charge in [-0.2, -0.15) is 0 Å². The Balaban J connectivity index is 4.83. The van der Waals surface area contributed by atoms with E-state index < -0.39 is 54.5 Å². The number of carboxylic acids is 1. The van der Waals surface area contributed by atoms with Crippen LogP contribution in [0.3, 0.4) is 0 Å². The van der Waals surface area contributed by atoms with Crippen LogP contribution < -0.4 is 33.2 Å². The Bertz CT molecular complexity index is 651. The molecule has 0 aliphatic carbocycles. The summed E-state index contributed by atoms with van der Waals surface area (Å²) in [5, 5.41) is 25.8. The number of carboxylic acid groups (broad SMARTS) is 1. The van der Waals surface area contributed by atoms with Crippen LogP contribution in [-0.4, -0.2) is 77.2 Å². The molecular formula is C18H35N7O6. The first-order chi connectivity index (χ1) is 14.4. The molecule has 0 aliphatic rings. The molecule has 3 amide bonds. The third-order valence-electron chi connectivity index (χ3n) is 4.62. The van der Waals surface area contributed by atoms with Crippen LogP contribution in [0.5, 0.6) is 0 Å². The maximum atomic E-state index is 12.5. The minimum Gasteiger partial charge on any atom is -0.480 e. The molecule has 0 radical (unpaired) electrons. The highest BCUT2D eigenvalue weighted by molar-refractivity contribution is 5.92. The van der Waals surface area contributed by atoms with Crippen molar-refractivity contribution in [3.63, 3.8) is 0 Å². The number of carbonyl (C=O) groups excluding carboxylic acids is 3. The van der Waals surface area contributed by atoms with E-state index in [0.29, 0.717) is 12.8 Å². The van der Waals surface area contributed by atoms with Crippen molar-refractivity contribution < 1.29 is 29.4 Å². The molecule has 0 aromatic rings. The fourth-order valence-corrected chi connectivity index (χ4v) is 2.45. The van der Waals surface area contributed by atoms with Crippen molar-refractivity contribution in [2.45, 2.75) is 64.3 Å². The Kier molecular flexibility index (Phi) is 12.8. The average Bonchev–Trinajstić information content (AvgIpc) is 2.70. The van der Waals surface area contributed by atoms with Gasteiger partial charge in [0.05, 0.1) is 12.6 Å². The van der Waals surface area contributed by atoms with Crippen LogP contribution in [0.25, 0.3) is 0 Å². The van der Waals surface area contributed by atoms with Crippen molar-refractivity contribution in [2.24, 2.45) is 28.1 Å². The number of nitrogens with zero attached hydrogens (tertiary/aromatic N) is 1. The third kappa shape index (κ3) is 11.1. The predicted molar refractivity (Wildman–Crippen MR) is 114 cm³/mol. The second kappa shape index (κ2) is 14.1. The molecule has 11 N–H and O–H groups in total. The monoisotopic (exact) mass is 445 g/mol. The quantitative estimate of drug-likeness (QED) is 0.0769. The van der Waals surface area contributed by atoms with E-state index in [0.717, 1.165) is 0 Å². The van der Waals surface area contributed by atoms with Gasteiger partial charge in [0, 0.05) is 6.54 Å². The second-order valence-corrected chi connectivity index (χ2v) is 7.26. The molecule has 5 atom stereocenters. The van der Waals surface area contributed by atoms with E-state index >= 15 is 0 Å². The molecule has 13 nitrogen and oxygen atoms in total. The van der Waals surface area contributed by atoms with E-state index in [-0.39, 0.29) is 24.8 Å². The van der Waals surface area contributed by atoms with Gasteiger partial charge < -0.3 is 43.4 Å². The van der Waals surface area contributed by atoms with E-state index in [1.54, 1.807) is 6.92 Å². The largest absolute Gasteiger partial charge is 0.480 e. The van der Waals surface area contributed by atoms with E-state index in [2.05, 4.69) is 20.9 Å². The highest BCUT2D eigenvalue weighted by Gasteiger charge is 2.29. The van der Waals surface area contributed by atoms with Gasteiger partial charge in [0.1, 0.15) is 18.1 Å². The molecule has 178 valence electrons. The van der Waals surface area contributed by atoms with Gasteiger partial charge in [0.25, 0.3) is 0 Å². The van der Waals surface area contributed by atoms with Crippen molar-refractivity contribution in [3.8, 4) is 0 Å². The lowest BCUT2D eigenvalue weighted by Gasteiger charge is -2.25. The van der Waals surface area contributed by atoms with Gasteiger partial charge in [0.15, 0.2) is 5.96 Å². The number of amides is 3. The molecule has 0 spiro atoms. The van der Waals surface area contributed by atoms with Crippen LogP contribution in [0.4, 0.5) is 0 Å². The number of guanidine groups is 1. The van der Waals surface area contributed by atoms with Gasteiger partial charge in [-0.1, -0.05) is 20.3 Å². The number of nitrogens with two attached hydrogens (primary N) is 3. The van der Waals surface area contributed by atoms with E-state index in [9.17, 15) is 29.4 Å². The van der Waals surface area contributed by atoms with Crippen molar-refractivity contribution in [1.29, 1.82) is 0 Å². The van der Waals surface area contributed by atoms with Crippen molar-refractivity contribution in [2.75, 3.05) is 13.1 Å². The first-order valence-corrected chi connectivity index (χ1v) is 9.99. The van der Waals surface area contributed by atoms with E-state index in [1.165, 1.54) is 6.92 Å². The van der Waals surface area contributed by atoms with Gasteiger partial charge in [-0.25, -0.2) is 4.79 Å². The lowest BCUT2D eigenvalue weighted by molar-refractivity contribution is -0.142. The van der Waals surface area contributed by atoms with Crippen LogP contribution in [-0.2, 0) is 19.2 Å². The summed E-state index contributed by atoms with van der Waals surface area (Å²) in [6.07, 6.45) is -0.140. The zero-order valence-corrected chi connectivity index (χ0v) is 18.1. The number of nitrogens with one attached hydrogen (secondary N) is 3. The lowest BCUT2D eigenvalue weighted by Crippen LogP contribution is -2.57. The third-order valence-corrected chi connectivity index (χ3v) is 4.62. The number of carbonyl (C=O) groups is 4. The van der Waals surface area contributed by atoms with Gasteiger partial charge in [-0.15, -0.1) is 0 Å². The smallest absolute Gasteiger partial charge is 0.326 e. The SMILES string of the molecule is CCC(C)C(NC(=O)C(N)C(C)O)C(=O)NCC(=O)NC(CCCN=C(N)N)C(=O)O. The molecule has 5 unspecified atom stereocenters. The fraction of sp³-hybridized carbons (Fsp3) is 0.722. The molecule has 0 heterocycles. The molecule has 31 heavy (non-hydrogen) atoms. The Hall–Kier alpha value is -2.93. The maximum Gasteiger partial charge on any atom is 0.326 e. The van der Waals surface area contributed by atoms with Crippen LogP contribution >= 0.6 is 0 Å². The summed E-state index contributed by atoms with van der Waals surface area (Å²) < 4.78 is 0. The Labute approximate surface area is 181 Å². The van der Waals surface area contributed by atoms with Crippen molar-refractivity contribution in [3.05, 3.63) is 0 Å². The normalized spacial score (nSPS) is 15.5. The first-order valence-electron chi connectivity index (χ1n) is 9.99. The van der Waals surface area contributed by atoms with Crippen LogP contribution in [0.2, 0.25) is 0 Å². The topological polar surface area (TPSA) is 235 Å². The van der Waals surface area contributed by atoms with Crippen LogP contribution in [0.1, 0.15) is 40.0 Å². The standard InChI is InChI=1S/C18H35N7O6/c1-4-9(2)14(25-15(28)13(19)10(3)26)16(29)23-8-12(27)24-11(17(30)31)6-5-7-22-18(20)21/h9-11,13-14,26H,4-8,19H2,1-3H3,(H,23,29)(H,24,27)(H,25,28)(H,30,31)(H4,20,21,22). The maximum absolute atomic E-state index is 12.5. The highest BCUT2D eigenvalue weighted by Crippen LogP contribution is 2.08. The summed E-state index contributed by atoms with van der Waals surface area (Å²) in [5.41, 5.74) is 16.0. The van der Waals surface area contributed by atoms with Gasteiger partial charge >= 0.3 is 5.97 Å². The predicted octanol–water partition coefficient (Wildman–Crippen LogP) is -3.04. The van der Waals surface area contributed by atoms with Gasteiger partial charge in [-0.3, -0.25) is 19.4 Å². The number of aliphatic hydroxyl groups excluding tert-OH is 1. The molecule has 0 fully saturated rings. The molecule has 0 aliphatic heterocycles. The number of aliphatic carboxylic acids is 1. The zero-order valence-electron chi connectivity index (χ0n) is 18.1. The summed E-state index contributed by atoms with van der Waals surface area (Å²) in [6, 6.07) is -3.37. The molecule has 13 heteroatoms. The van der Waals surface area contributed by atoms with Crippen LogP contribution in [0, 0.1) is 5.92 Å². The second-order valence-electron chi connectivity index (χ2n) is 7.26. The Morgan fingerprint density at radius 1 is 1.06 bits per heavy atom. The molecule has 0 aromatic heterocycles. The van der Waals surface area contributed by atoms with Crippen molar-refractivity contribution in [1.82, 2.24) is 16.0 Å². The molecule has 0 saturated carbocycles.